The van der Waals surface area contributed by atoms with E-state index in [-0.39, 0.29) is 11.3 Å². The second-order valence-electron chi connectivity index (χ2n) is 6.12. The van der Waals surface area contributed by atoms with Crippen LogP contribution in [0.3, 0.4) is 0 Å². The average molecular weight is 349 g/mol. The zero-order valence-electron chi connectivity index (χ0n) is 14.5. The van der Waals surface area contributed by atoms with Crippen molar-refractivity contribution in [1.82, 2.24) is 0 Å². The van der Waals surface area contributed by atoms with Crippen molar-refractivity contribution in [3.63, 3.8) is 0 Å². The Bertz CT molecular complexity index is 981. The van der Waals surface area contributed by atoms with Crippen molar-refractivity contribution in [3.8, 4) is 5.75 Å². The normalized spacial score (nSPS) is 11.8. The third kappa shape index (κ3) is 3.83. The van der Waals surface area contributed by atoms with Crippen molar-refractivity contribution in [1.29, 1.82) is 0 Å². The number of amides is 1. The molecule has 0 saturated carbocycles. The summed E-state index contributed by atoms with van der Waals surface area (Å²) < 4.78 is 5.22. The third-order valence-corrected chi connectivity index (χ3v) is 4.02. The number of phenols is 1. The van der Waals surface area contributed by atoms with Crippen LogP contribution in [0.5, 0.6) is 5.75 Å². The van der Waals surface area contributed by atoms with Crippen LogP contribution in [0, 0.1) is 6.92 Å². The summed E-state index contributed by atoms with van der Waals surface area (Å²) in [4.78, 5) is 24.6. The van der Waals surface area contributed by atoms with E-state index < -0.39 is 18.0 Å². The van der Waals surface area contributed by atoms with E-state index in [4.69, 9.17) is 4.74 Å². The molecule has 1 atom stereocenters. The van der Waals surface area contributed by atoms with Crippen LogP contribution in [0.2, 0.25) is 0 Å². The molecule has 2 N–H and O–H groups in total. The lowest BCUT2D eigenvalue weighted by Crippen LogP contribution is -2.30. The van der Waals surface area contributed by atoms with Crippen molar-refractivity contribution in [2.24, 2.45) is 0 Å². The van der Waals surface area contributed by atoms with E-state index in [0.717, 1.165) is 16.3 Å². The maximum absolute atomic E-state index is 12.4. The molecular weight excluding hydrogens is 330 g/mol. The van der Waals surface area contributed by atoms with Gasteiger partial charge in [0.05, 0.1) is 0 Å². The molecule has 3 aromatic carbocycles. The van der Waals surface area contributed by atoms with E-state index >= 15 is 0 Å². The Balaban J connectivity index is 1.72. The first-order chi connectivity index (χ1) is 12.4. The average Bonchev–Trinajstić information content (AvgIpc) is 2.61. The van der Waals surface area contributed by atoms with Gasteiger partial charge in [-0.25, -0.2) is 4.79 Å². The summed E-state index contributed by atoms with van der Waals surface area (Å²) in [6.45, 7) is 3.41. The first kappa shape index (κ1) is 17.5. The lowest BCUT2D eigenvalue weighted by molar-refractivity contribution is -0.123. The van der Waals surface area contributed by atoms with Gasteiger partial charge in [-0.3, -0.25) is 4.79 Å². The number of benzene rings is 3. The number of rotatable bonds is 4. The number of anilines is 1. The molecule has 0 radical (unpaired) electrons. The number of nitrogens with one attached hydrogen (secondary N) is 1. The standard InChI is InChI=1S/C21H19NO4/c1-13-6-5-9-17(10-13)22-20(24)14(2)26-21(25)18-11-15-7-3-4-8-16(15)12-19(18)23/h3-12,14,23H,1-2H3,(H,22,24)/t14-/m0/s1. The highest BCUT2D eigenvalue weighted by Gasteiger charge is 2.21. The van der Waals surface area contributed by atoms with Crippen LogP contribution in [-0.2, 0) is 9.53 Å². The van der Waals surface area contributed by atoms with Gasteiger partial charge in [0, 0.05) is 5.69 Å². The highest BCUT2D eigenvalue weighted by molar-refractivity contribution is 6.01. The number of aryl methyl sites for hydroxylation is 1. The molecule has 0 bridgehead atoms. The molecule has 0 spiro atoms. The Morgan fingerprint density at radius 2 is 1.69 bits per heavy atom. The quantitative estimate of drug-likeness (QED) is 0.697. The summed E-state index contributed by atoms with van der Waals surface area (Å²) in [5.41, 5.74) is 1.67. The zero-order valence-corrected chi connectivity index (χ0v) is 14.5. The van der Waals surface area contributed by atoms with E-state index in [1.807, 2.05) is 49.4 Å². The van der Waals surface area contributed by atoms with Crippen molar-refractivity contribution < 1.29 is 19.4 Å². The largest absolute Gasteiger partial charge is 0.507 e. The van der Waals surface area contributed by atoms with Crippen LogP contribution in [0.1, 0.15) is 22.8 Å². The van der Waals surface area contributed by atoms with E-state index in [9.17, 15) is 14.7 Å². The molecule has 132 valence electrons. The van der Waals surface area contributed by atoms with Crippen molar-refractivity contribution in [2.45, 2.75) is 20.0 Å². The van der Waals surface area contributed by atoms with E-state index in [1.165, 1.54) is 13.0 Å². The van der Waals surface area contributed by atoms with Crippen LogP contribution in [0.25, 0.3) is 10.8 Å². The van der Waals surface area contributed by atoms with Crippen LogP contribution in [-0.4, -0.2) is 23.1 Å². The van der Waals surface area contributed by atoms with E-state index in [2.05, 4.69) is 5.32 Å². The molecule has 0 aliphatic rings. The molecule has 5 heteroatoms. The van der Waals surface area contributed by atoms with Gasteiger partial charge in [-0.05, 0) is 54.4 Å². The first-order valence-electron chi connectivity index (χ1n) is 8.24. The van der Waals surface area contributed by atoms with E-state index in [1.54, 1.807) is 12.1 Å². The Morgan fingerprint density at radius 1 is 1.00 bits per heavy atom. The van der Waals surface area contributed by atoms with Gasteiger partial charge in [-0.1, -0.05) is 36.4 Å². The minimum Gasteiger partial charge on any atom is -0.507 e. The SMILES string of the molecule is Cc1cccc(NC(=O)[C@H](C)OC(=O)c2cc3ccccc3cc2O)c1. The summed E-state index contributed by atoms with van der Waals surface area (Å²) in [5, 5.41) is 14.4. The number of hydrogen-bond acceptors (Lipinski definition) is 4. The van der Waals surface area contributed by atoms with Gasteiger partial charge in [0.25, 0.3) is 5.91 Å². The minimum atomic E-state index is -1.01. The summed E-state index contributed by atoms with van der Waals surface area (Å²) in [5.74, 6) is -1.37. The maximum atomic E-state index is 12.4. The maximum Gasteiger partial charge on any atom is 0.342 e. The van der Waals surface area contributed by atoms with Crippen LogP contribution in [0.4, 0.5) is 5.69 Å². The molecule has 0 aliphatic carbocycles. The van der Waals surface area contributed by atoms with Gasteiger partial charge < -0.3 is 15.2 Å². The zero-order chi connectivity index (χ0) is 18.7. The van der Waals surface area contributed by atoms with Gasteiger partial charge in [0.1, 0.15) is 11.3 Å². The second-order valence-corrected chi connectivity index (χ2v) is 6.12. The van der Waals surface area contributed by atoms with Crippen LogP contribution < -0.4 is 5.32 Å². The fourth-order valence-corrected chi connectivity index (χ4v) is 2.64. The topological polar surface area (TPSA) is 75.6 Å². The van der Waals surface area contributed by atoms with Gasteiger partial charge in [-0.15, -0.1) is 0 Å². The predicted molar refractivity (Wildman–Crippen MR) is 100 cm³/mol. The molecule has 26 heavy (non-hydrogen) atoms. The Kier molecular flexibility index (Phi) is 4.89. The lowest BCUT2D eigenvalue weighted by atomic mass is 10.1. The van der Waals surface area contributed by atoms with Crippen molar-refractivity contribution in [2.75, 3.05) is 5.32 Å². The molecule has 1 amide bonds. The molecule has 3 aromatic rings. The molecule has 3 rings (SSSR count). The van der Waals surface area contributed by atoms with Crippen LogP contribution >= 0.6 is 0 Å². The first-order valence-corrected chi connectivity index (χ1v) is 8.24. The number of carbonyl (C=O) groups excluding carboxylic acids is 2. The smallest absolute Gasteiger partial charge is 0.342 e. The molecule has 0 saturated heterocycles. The summed E-state index contributed by atoms with van der Waals surface area (Å²) >= 11 is 0. The second kappa shape index (κ2) is 7.27. The summed E-state index contributed by atoms with van der Waals surface area (Å²) in [6.07, 6.45) is -1.01. The van der Waals surface area contributed by atoms with Crippen molar-refractivity contribution in [3.05, 3.63) is 71.8 Å². The van der Waals surface area contributed by atoms with Gasteiger partial charge >= 0.3 is 5.97 Å². The molecular formula is C21H19NO4. The fourth-order valence-electron chi connectivity index (χ4n) is 2.64. The third-order valence-electron chi connectivity index (χ3n) is 4.02. The van der Waals surface area contributed by atoms with Gasteiger partial charge in [0.2, 0.25) is 0 Å². The van der Waals surface area contributed by atoms with Crippen molar-refractivity contribution >= 4 is 28.3 Å². The lowest BCUT2D eigenvalue weighted by Gasteiger charge is -2.14. The number of carbonyl (C=O) groups is 2. The molecule has 0 aromatic heterocycles. The Labute approximate surface area is 151 Å². The number of ether oxygens (including phenoxy) is 1. The van der Waals surface area contributed by atoms with Gasteiger partial charge in [-0.2, -0.15) is 0 Å². The predicted octanol–water partition coefficient (Wildman–Crippen LogP) is 4.04. The minimum absolute atomic E-state index is 0.0268. The monoisotopic (exact) mass is 349 g/mol. The highest BCUT2D eigenvalue weighted by Crippen LogP contribution is 2.26. The number of phenolic OH excluding ortho intramolecular Hbond substituents is 1. The fraction of sp³-hybridized carbons (Fsp3) is 0.143. The number of aromatic hydroxyl groups is 1. The van der Waals surface area contributed by atoms with Gasteiger partial charge in [0.15, 0.2) is 6.10 Å². The molecule has 0 heterocycles. The number of fused-ring (bicyclic) bond motifs is 1. The molecule has 0 fully saturated rings. The Hall–Kier alpha value is -3.34. The van der Waals surface area contributed by atoms with Crippen LogP contribution in [0.15, 0.2) is 60.7 Å². The summed E-state index contributed by atoms with van der Waals surface area (Å²) in [6, 6.07) is 17.7. The number of hydrogen-bond donors (Lipinski definition) is 2. The highest BCUT2D eigenvalue weighted by atomic mass is 16.5. The molecule has 5 nitrogen and oxygen atoms in total. The van der Waals surface area contributed by atoms with E-state index in [0.29, 0.717) is 5.69 Å². The summed E-state index contributed by atoms with van der Waals surface area (Å²) in [7, 11) is 0. The Morgan fingerprint density at radius 3 is 2.38 bits per heavy atom. The molecule has 0 unspecified atom stereocenters. The number of esters is 1. The molecule has 0 aliphatic heterocycles.